The SMILES string of the molecule is NC(N)=NCCCCNP(=O)(OC[C@H]1O[C@@H](n2ccc(N)nc2=O)C[C@@H]1O)OC[C@H]1O[C@@H](n2cnc3c(N)ncnc32)C[C@@H]1O. The van der Waals surface area contributed by atoms with Crippen molar-refractivity contribution in [3.05, 3.63) is 35.4 Å². The summed E-state index contributed by atoms with van der Waals surface area (Å²) >= 11 is 0. The van der Waals surface area contributed by atoms with Crippen molar-refractivity contribution in [1.82, 2.24) is 34.2 Å². The minimum absolute atomic E-state index is 0.0289. The van der Waals surface area contributed by atoms with Crippen LogP contribution < -0.4 is 33.7 Å². The Bertz CT molecular complexity index is 1600. The second-order valence-electron chi connectivity index (χ2n) is 10.5. The third kappa shape index (κ3) is 7.92. The van der Waals surface area contributed by atoms with Gasteiger partial charge in [-0.2, -0.15) is 4.98 Å². The molecule has 0 spiro atoms. The van der Waals surface area contributed by atoms with Gasteiger partial charge in [-0.05, 0) is 18.9 Å². The van der Waals surface area contributed by atoms with Crippen LogP contribution in [0.2, 0.25) is 0 Å². The molecule has 5 rings (SSSR count). The summed E-state index contributed by atoms with van der Waals surface area (Å²) in [6.07, 6.45) is 0.215. The number of nitrogens with two attached hydrogens (primary N) is 4. The number of aliphatic hydroxyl groups excluding tert-OH is 2. The number of aromatic nitrogens is 6. The lowest BCUT2D eigenvalue weighted by Gasteiger charge is -2.24. The molecule has 0 radical (unpaired) electrons. The number of guanidine groups is 1. The van der Waals surface area contributed by atoms with Crippen LogP contribution in [-0.4, -0.2) is 96.0 Å². The first-order valence-corrected chi connectivity index (χ1v) is 15.7. The number of fused-ring (bicyclic) bond motifs is 1. The molecule has 1 unspecified atom stereocenters. The van der Waals surface area contributed by atoms with Gasteiger partial charge in [-0.15, -0.1) is 0 Å². The molecule has 7 atom stereocenters. The Morgan fingerprint density at radius 1 is 1.04 bits per heavy atom. The van der Waals surface area contributed by atoms with E-state index in [0.29, 0.717) is 30.6 Å². The molecular weight excluding hydrogens is 615 g/mol. The van der Waals surface area contributed by atoms with E-state index in [1.165, 1.54) is 29.5 Å². The highest BCUT2D eigenvalue weighted by Gasteiger charge is 2.40. The number of nitrogen functional groups attached to an aromatic ring is 2. The molecule has 3 aromatic rings. The molecule has 0 bridgehead atoms. The third-order valence-electron chi connectivity index (χ3n) is 7.27. The maximum atomic E-state index is 13.8. The standard InChI is InChI=1S/C24H37N12O8P/c25-17-3-6-35(24(39)34-17)18-7-13(37)15(43-18)9-41-45(40,33-5-2-1-4-29-23(27)28)42-10-16-14(38)8-19(44-16)36-12-32-20-21(26)30-11-31-22(20)36/h3,6,11-16,18-19,37-38H,1-2,4-5,7-10H2,(H,33,40)(H2,25,34,39)(H2,26,30,31)(H4,27,28,29)/t13-,14-,15+,16+,18+,19+,45?/m0/s1. The number of ether oxygens (including phenoxy) is 2. The van der Waals surface area contributed by atoms with Gasteiger partial charge in [-0.25, -0.2) is 29.4 Å². The number of hydrogen-bond acceptors (Lipinski definition) is 15. The molecule has 2 aliphatic heterocycles. The van der Waals surface area contributed by atoms with Gasteiger partial charge in [0.05, 0.1) is 31.7 Å². The van der Waals surface area contributed by atoms with E-state index in [4.69, 9.17) is 41.5 Å². The fourth-order valence-electron chi connectivity index (χ4n) is 4.93. The van der Waals surface area contributed by atoms with E-state index in [1.54, 1.807) is 4.57 Å². The number of imidazole rings is 1. The molecule has 0 aromatic carbocycles. The Balaban J connectivity index is 1.21. The van der Waals surface area contributed by atoms with Gasteiger partial charge < -0.3 is 42.6 Å². The van der Waals surface area contributed by atoms with E-state index in [0.717, 1.165) is 0 Å². The normalized spacial score (nSPS) is 26.3. The molecule has 0 amide bonds. The summed E-state index contributed by atoms with van der Waals surface area (Å²) in [6, 6.07) is 1.43. The third-order valence-corrected chi connectivity index (χ3v) is 8.86. The first kappa shape index (κ1) is 32.6. The molecule has 21 heteroatoms. The zero-order chi connectivity index (χ0) is 32.1. The van der Waals surface area contributed by atoms with Gasteiger partial charge in [0, 0.05) is 32.1 Å². The van der Waals surface area contributed by atoms with Crippen molar-refractivity contribution < 1.29 is 33.3 Å². The van der Waals surface area contributed by atoms with Gasteiger partial charge in [-0.3, -0.25) is 23.2 Å². The van der Waals surface area contributed by atoms with E-state index in [2.05, 4.69) is 30.0 Å². The van der Waals surface area contributed by atoms with E-state index in [-0.39, 0.29) is 50.2 Å². The summed E-state index contributed by atoms with van der Waals surface area (Å²) in [6.45, 7) is -0.0595. The number of aliphatic hydroxyl groups is 2. The molecule has 45 heavy (non-hydrogen) atoms. The second-order valence-corrected chi connectivity index (χ2v) is 12.3. The highest BCUT2D eigenvalue weighted by molar-refractivity contribution is 7.51. The number of nitrogens with one attached hydrogen (secondary N) is 1. The van der Waals surface area contributed by atoms with Gasteiger partial charge in [0.1, 0.15) is 42.3 Å². The second kappa shape index (κ2) is 14.1. The number of unbranched alkanes of at least 4 members (excludes halogenated alkanes) is 1. The molecule has 2 fully saturated rings. The van der Waals surface area contributed by atoms with E-state index in [9.17, 15) is 19.6 Å². The van der Waals surface area contributed by atoms with Crippen LogP contribution in [0, 0.1) is 0 Å². The summed E-state index contributed by atoms with van der Waals surface area (Å²) in [5, 5.41) is 24.1. The lowest BCUT2D eigenvalue weighted by atomic mass is 10.2. The van der Waals surface area contributed by atoms with Crippen molar-refractivity contribution in [1.29, 1.82) is 0 Å². The number of aliphatic imine (C=N–C) groups is 1. The van der Waals surface area contributed by atoms with Crippen LogP contribution in [0.1, 0.15) is 38.1 Å². The van der Waals surface area contributed by atoms with Crippen LogP contribution >= 0.6 is 7.75 Å². The molecule has 2 saturated heterocycles. The Hall–Kier alpha value is -3.75. The van der Waals surface area contributed by atoms with Crippen LogP contribution in [0.5, 0.6) is 0 Å². The summed E-state index contributed by atoms with van der Waals surface area (Å²) in [7, 11) is -4.05. The summed E-state index contributed by atoms with van der Waals surface area (Å²) in [5.41, 5.74) is 22.3. The van der Waals surface area contributed by atoms with E-state index >= 15 is 0 Å². The van der Waals surface area contributed by atoms with Crippen LogP contribution in [0.4, 0.5) is 11.6 Å². The fraction of sp³-hybridized carbons (Fsp3) is 0.583. The lowest BCUT2D eigenvalue weighted by molar-refractivity contribution is -0.0526. The first-order chi connectivity index (χ1) is 21.5. The van der Waals surface area contributed by atoms with Crippen molar-refractivity contribution in [3.8, 4) is 0 Å². The summed E-state index contributed by atoms with van der Waals surface area (Å²) in [5.74, 6) is 0.232. The number of rotatable bonds is 14. The van der Waals surface area contributed by atoms with E-state index < -0.39 is 50.3 Å². The molecular formula is C24H37N12O8P. The van der Waals surface area contributed by atoms with Crippen LogP contribution in [0.15, 0.2) is 34.7 Å². The lowest BCUT2D eigenvalue weighted by Crippen LogP contribution is -2.31. The highest BCUT2D eigenvalue weighted by atomic mass is 31.2. The molecule has 20 nitrogen and oxygen atoms in total. The predicted molar refractivity (Wildman–Crippen MR) is 159 cm³/mol. The molecule has 0 saturated carbocycles. The van der Waals surface area contributed by atoms with Gasteiger partial charge >= 0.3 is 13.4 Å². The molecule has 11 N–H and O–H groups in total. The van der Waals surface area contributed by atoms with Gasteiger partial charge in [0.25, 0.3) is 0 Å². The van der Waals surface area contributed by atoms with Crippen molar-refractivity contribution in [3.63, 3.8) is 0 Å². The average molecular weight is 653 g/mol. The summed E-state index contributed by atoms with van der Waals surface area (Å²) < 4.78 is 39.9. The average Bonchev–Trinajstić information content (AvgIpc) is 3.69. The predicted octanol–water partition coefficient (Wildman–Crippen LogP) is -1.67. The topological polar surface area (TPSA) is 301 Å². The molecule has 246 valence electrons. The maximum Gasteiger partial charge on any atom is 0.405 e. The fourth-order valence-corrected chi connectivity index (χ4v) is 6.31. The van der Waals surface area contributed by atoms with Crippen LogP contribution in [-0.2, 0) is 23.1 Å². The molecule has 2 aliphatic rings. The minimum Gasteiger partial charge on any atom is -0.390 e. The zero-order valence-corrected chi connectivity index (χ0v) is 25.1. The highest BCUT2D eigenvalue weighted by Crippen LogP contribution is 2.46. The quantitative estimate of drug-likeness (QED) is 0.0443. The largest absolute Gasteiger partial charge is 0.405 e. The van der Waals surface area contributed by atoms with Crippen molar-refractivity contribution in [2.45, 2.75) is 62.6 Å². The smallest absolute Gasteiger partial charge is 0.390 e. The molecule has 3 aromatic heterocycles. The van der Waals surface area contributed by atoms with Crippen molar-refractivity contribution >= 4 is 36.5 Å². The molecule has 5 heterocycles. The van der Waals surface area contributed by atoms with Gasteiger partial charge in [0.2, 0.25) is 0 Å². The van der Waals surface area contributed by atoms with Crippen LogP contribution in [0.3, 0.4) is 0 Å². The Morgan fingerprint density at radius 2 is 1.71 bits per heavy atom. The minimum atomic E-state index is -4.05. The summed E-state index contributed by atoms with van der Waals surface area (Å²) in [4.78, 5) is 32.2. The first-order valence-electron chi connectivity index (χ1n) is 14.2. The number of nitrogens with zero attached hydrogens (tertiary/aromatic N) is 7. The maximum absolute atomic E-state index is 13.8. The van der Waals surface area contributed by atoms with Crippen molar-refractivity contribution in [2.75, 3.05) is 37.8 Å². The van der Waals surface area contributed by atoms with Gasteiger partial charge in [-0.1, -0.05) is 0 Å². The Labute approximate surface area is 256 Å². The van der Waals surface area contributed by atoms with Crippen molar-refractivity contribution in [2.24, 2.45) is 16.5 Å². The Morgan fingerprint density at radius 3 is 2.36 bits per heavy atom. The van der Waals surface area contributed by atoms with Gasteiger partial charge in [0.15, 0.2) is 17.4 Å². The Kier molecular flexibility index (Phi) is 10.2. The monoisotopic (exact) mass is 652 g/mol. The number of anilines is 2. The zero-order valence-electron chi connectivity index (χ0n) is 24.2. The van der Waals surface area contributed by atoms with Crippen LogP contribution in [0.25, 0.3) is 11.2 Å². The van der Waals surface area contributed by atoms with E-state index in [1.807, 2.05) is 0 Å². The number of hydrogen-bond donors (Lipinski definition) is 7. The molecule has 0 aliphatic carbocycles.